The summed E-state index contributed by atoms with van der Waals surface area (Å²) in [5, 5.41) is 1.26. The minimum absolute atomic E-state index is 0.0161. The van der Waals surface area contributed by atoms with Crippen LogP contribution >= 0.6 is 0 Å². The van der Waals surface area contributed by atoms with Gasteiger partial charge < -0.3 is 18.9 Å². The quantitative estimate of drug-likeness (QED) is 0.481. The summed E-state index contributed by atoms with van der Waals surface area (Å²) in [5.74, 6) is 0.819. The number of piperidine rings is 1. The molecule has 3 aromatic rings. The van der Waals surface area contributed by atoms with Gasteiger partial charge >= 0.3 is 5.97 Å². The number of methoxy groups -OCH3 is 2. The van der Waals surface area contributed by atoms with Crippen LogP contribution in [0.25, 0.3) is 10.9 Å². The third-order valence-corrected chi connectivity index (χ3v) is 8.29. The number of likely N-dealkylation sites (tertiary alicyclic amines) is 2. The third kappa shape index (κ3) is 4.82. The van der Waals surface area contributed by atoms with E-state index >= 15 is 0 Å². The van der Waals surface area contributed by atoms with E-state index in [9.17, 15) is 4.79 Å². The number of nitrogens with zero attached hydrogens (tertiary/aromatic N) is 3. The molecule has 0 N–H and O–H groups in total. The van der Waals surface area contributed by atoms with E-state index in [1.54, 1.807) is 7.11 Å². The molecule has 35 heavy (non-hydrogen) atoms. The van der Waals surface area contributed by atoms with Crippen molar-refractivity contribution in [3.63, 3.8) is 0 Å². The molecule has 2 aromatic carbocycles. The number of hydrogen-bond acceptors (Lipinski definition) is 5. The summed E-state index contributed by atoms with van der Waals surface area (Å²) in [4.78, 5) is 17.8. The average Bonchev–Trinajstić information content (AvgIpc) is 3.41. The number of fused-ring (bicyclic) bond motifs is 1. The molecule has 2 aliphatic rings. The molecule has 2 fully saturated rings. The number of carbonyl (C=O) groups excluding carboxylic acids is 1. The van der Waals surface area contributed by atoms with Crippen LogP contribution in [0.2, 0.25) is 0 Å². The Morgan fingerprint density at radius 2 is 1.83 bits per heavy atom. The third-order valence-electron chi connectivity index (χ3n) is 8.29. The molecule has 5 rings (SSSR count). The van der Waals surface area contributed by atoms with Gasteiger partial charge in [0.05, 0.1) is 20.1 Å². The van der Waals surface area contributed by atoms with Crippen LogP contribution in [0.3, 0.4) is 0 Å². The van der Waals surface area contributed by atoms with Gasteiger partial charge in [0.1, 0.15) is 5.75 Å². The number of ether oxygens (including phenoxy) is 2. The van der Waals surface area contributed by atoms with Gasteiger partial charge in [0.2, 0.25) is 0 Å². The molecular weight excluding hydrogens is 438 g/mol. The van der Waals surface area contributed by atoms with E-state index < -0.39 is 0 Å². The first-order valence-corrected chi connectivity index (χ1v) is 12.7. The predicted octanol–water partition coefficient (Wildman–Crippen LogP) is 4.12. The second kappa shape index (κ2) is 10.0. The Bertz CT molecular complexity index is 1160. The summed E-state index contributed by atoms with van der Waals surface area (Å²) in [6.07, 6.45) is 5.32. The van der Waals surface area contributed by atoms with E-state index in [1.807, 2.05) is 6.07 Å². The number of carbonyl (C=O) groups is 1. The molecule has 1 unspecified atom stereocenters. The van der Waals surface area contributed by atoms with Crippen molar-refractivity contribution in [2.75, 3.05) is 46.9 Å². The average molecular weight is 476 g/mol. The van der Waals surface area contributed by atoms with E-state index in [0.29, 0.717) is 0 Å². The van der Waals surface area contributed by atoms with Gasteiger partial charge in [0.15, 0.2) is 0 Å². The highest BCUT2D eigenvalue weighted by atomic mass is 16.5. The van der Waals surface area contributed by atoms with Gasteiger partial charge in [-0.1, -0.05) is 30.3 Å². The zero-order valence-electron chi connectivity index (χ0n) is 21.2. The lowest BCUT2D eigenvalue weighted by atomic mass is 9.70. The van der Waals surface area contributed by atoms with Crippen LogP contribution in [0.1, 0.15) is 24.0 Å². The van der Waals surface area contributed by atoms with Crippen molar-refractivity contribution in [3.8, 4) is 5.75 Å². The van der Waals surface area contributed by atoms with Crippen molar-refractivity contribution in [3.05, 3.63) is 65.9 Å². The first kappa shape index (κ1) is 23.9. The molecule has 6 heteroatoms. The Labute approximate surface area is 208 Å². The van der Waals surface area contributed by atoms with E-state index in [2.05, 4.69) is 70.1 Å². The summed E-state index contributed by atoms with van der Waals surface area (Å²) in [6, 6.07) is 16.9. The molecule has 6 nitrogen and oxygen atoms in total. The standard InChI is InChI=1S/C29H37N3O3/c1-30-18-23(25-17-24(34-2)9-10-27(25)30)19-31-15-12-29(13-16-31)21-32(20-26(29)28(33)35-3)14-11-22-7-5-4-6-8-22/h4-10,17-18,26H,11-16,19-21H2,1-3H3. The molecule has 0 bridgehead atoms. The van der Waals surface area contributed by atoms with Crippen molar-refractivity contribution >= 4 is 16.9 Å². The molecular formula is C29H37N3O3. The Kier molecular flexibility index (Phi) is 6.85. The van der Waals surface area contributed by atoms with Gasteiger partial charge in [-0.15, -0.1) is 0 Å². The van der Waals surface area contributed by atoms with Gasteiger partial charge in [0, 0.05) is 55.7 Å². The number of benzene rings is 2. The maximum absolute atomic E-state index is 12.8. The zero-order chi connectivity index (χ0) is 24.4. The highest BCUT2D eigenvalue weighted by molar-refractivity contribution is 5.85. The lowest BCUT2D eigenvalue weighted by Gasteiger charge is -2.41. The summed E-state index contributed by atoms with van der Waals surface area (Å²) >= 11 is 0. The SMILES string of the molecule is COC(=O)C1CN(CCc2ccccc2)CC12CCN(Cc1cn(C)c3ccc(OC)cc13)CC2. The highest BCUT2D eigenvalue weighted by Crippen LogP contribution is 2.45. The van der Waals surface area contributed by atoms with Crippen LogP contribution in [0.5, 0.6) is 5.75 Å². The van der Waals surface area contributed by atoms with Crippen molar-refractivity contribution < 1.29 is 14.3 Å². The molecule has 0 saturated carbocycles. The van der Waals surface area contributed by atoms with Crippen molar-refractivity contribution in [2.45, 2.75) is 25.8 Å². The van der Waals surface area contributed by atoms with E-state index in [4.69, 9.17) is 9.47 Å². The highest BCUT2D eigenvalue weighted by Gasteiger charge is 2.51. The minimum Gasteiger partial charge on any atom is -0.497 e. The maximum Gasteiger partial charge on any atom is 0.310 e. The van der Waals surface area contributed by atoms with Crippen molar-refractivity contribution in [2.24, 2.45) is 18.4 Å². The van der Waals surface area contributed by atoms with Crippen LogP contribution in [-0.4, -0.2) is 67.3 Å². The first-order valence-electron chi connectivity index (χ1n) is 12.7. The van der Waals surface area contributed by atoms with Gasteiger partial charge in [0.25, 0.3) is 0 Å². The molecule has 1 aromatic heterocycles. The van der Waals surface area contributed by atoms with Gasteiger partial charge in [-0.2, -0.15) is 0 Å². The van der Waals surface area contributed by atoms with Crippen molar-refractivity contribution in [1.82, 2.24) is 14.4 Å². The minimum atomic E-state index is -0.0400. The second-order valence-electron chi connectivity index (χ2n) is 10.3. The molecule has 0 radical (unpaired) electrons. The van der Waals surface area contributed by atoms with Crippen molar-refractivity contribution in [1.29, 1.82) is 0 Å². The second-order valence-corrected chi connectivity index (χ2v) is 10.3. The van der Waals surface area contributed by atoms with E-state index in [-0.39, 0.29) is 17.3 Å². The Balaban J connectivity index is 1.26. The maximum atomic E-state index is 12.8. The topological polar surface area (TPSA) is 46.9 Å². The molecule has 0 aliphatic carbocycles. The van der Waals surface area contributed by atoms with Crippen LogP contribution in [-0.2, 0) is 29.5 Å². The first-order chi connectivity index (χ1) is 17.0. The number of aromatic nitrogens is 1. The normalized spacial score (nSPS) is 20.5. The number of hydrogen-bond donors (Lipinski definition) is 0. The number of rotatable bonds is 7. The number of aryl methyl sites for hydroxylation is 1. The molecule has 0 amide bonds. The Morgan fingerprint density at radius 3 is 2.54 bits per heavy atom. The molecule has 3 heterocycles. The molecule has 2 aliphatic heterocycles. The van der Waals surface area contributed by atoms with Crippen LogP contribution in [0.15, 0.2) is 54.7 Å². The summed E-state index contributed by atoms with van der Waals surface area (Å²) in [6.45, 7) is 5.70. The van der Waals surface area contributed by atoms with Crippen LogP contribution in [0.4, 0.5) is 0 Å². The van der Waals surface area contributed by atoms with Gasteiger partial charge in [-0.05, 0) is 61.7 Å². The largest absolute Gasteiger partial charge is 0.497 e. The lowest BCUT2D eigenvalue weighted by Crippen LogP contribution is -2.46. The fourth-order valence-electron chi connectivity index (χ4n) is 6.25. The Morgan fingerprint density at radius 1 is 1.06 bits per heavy atom. The van der Waals surface area contributed by atoms with E-state index in [0.717, 1.165) is 64.3 Å². The fraction of sp³-hybridized carbons (Fsp3) is 0.483. The Hall–Kier alpha value is -2.83. The molecule has 2 saturated heterocycles. The van der Waals surface area contributed by atoms with Gasteiger partial charge in [-0.3, -0.25) is 9.69 Å². The van der Waals surface area contributed by atoms with E-state index in [1.165, 1.54) is 29.1 Å². The monoisotopic (exact) mass is 475 g/mol. The summed E-state index contributed by atoms with van der Waals surface area (Å²) in [7, 11) is 5.36. The predicted molar refractivity (Wildman–Crippen MR) is 139 cm³/mol. The molecule has 186 valence electrons. The summed E-state index contributed by atoms with van der Waals surface area (Å²) in [5.41, 5.74) is 3.93. The summed E-state index contributed by atoms with van der Waals surface area (Å²) < 4.78 is 12.9. The molecule has 1 atom stereocenters. The lowest BCUT2D eigenvalue weighted by molar-refractivity contribution is -0.149. The van der Waals surface area contributed by atoms with Crippen LogP contribution < -0.4 is 4.74 Å². The smallest absolute Gasteiger partial charge is 0.310 e. The van der Waals surface area contributed by atoms with Gasteiger partial charge in [-0.25, -0.2) is 0 Å². The molecule has 1 spiro atoms. The zero-order valence-corrected chi connectivity index (χ0v) is 21.2. The van der Waals surface area contributed by atoms with Crippen LogP contribution in [0, 0.1) is 11.3 Å². The fourth-order valence-corrected chi connectivity index (χ4v) is 6.25. The number of esters is 1.